The first-order chi connectivity index (χ1) is 9.40. The Morgan fingerprint density at radius 2 is 1.95 bits per heavy atom. The predicted octanol–water partition coefficient (Wildman–Crippen LogP) is 0.434. The summed E-state index contributed by atoms with van der Waals surface area (Å²) in [6, 6.07) is -0.411. The third kappa shape index (κ3) is 5.03. The Kier molecular flexibility index (Phi) is 6.91. The summed E-state index contributed by atoms with van der Waals surface area (Å²) in [5.41, 5.74) is 5.82. The number of unbranched alkanes of at least 4 members (excludes halogenated alkanes) is 1. The summed E-state index contributed by atoms with van der Waals surface area (Å²) in [5.74, 6) is 0.0154. The van der Waals surface area contributed by atoms with E-state index in [-0.39, 0.29) is 17.7 Å². The van der Waals surface area contributed by atoms with Gasteiger partial charge in [-0.3, -0.25) is 4.79 Å². The van der Waals surface area contributed by atoms with Crippen molar-refractivity contribution in [2.75, 3.05) is 18.8 Å². The fourth-order valence-corrected chi connectivity index (χ4v) is 3.46. The third-order valence-electron chi connectivity index (χ3n) is 3.76. The maximum Gasteiger partial charge on any atom is 0.237 e. The van der Waals surface area contributed by atoms with Crippen molar-refractivity contribution >= 4 is 15.9 Å². The number of hydrogen-bond acceptors (Lipinski definition) is 4. The van der Waals surface area contributed by atoms with Crippen LogP contribution in [0.3, 0.4) is 0 Å². The van der Waals surface area contributed by atoms with Gasteiger partial charge in [0.25, 0.3) is 0 Å². The lowest BCUT2D eigenvalue weighted by Crippen LogP contribution is -2.50. The van der Waals surface area contributed by atoms with E-state index in [0.717, 1.165) is 12.8 Å². The Balaban J connectivity index is 2.37. The van der Waals surface area contributed by atoms with Gasteiger partial charge in [-0.2, -0.15) is 0 Å². The van der Waals surface area contributed by atoms with Crippen LogP contribution in [-0.4, -0.2) is 49.6 Å². The highest BCUT2D eigenvalue weighted by atomic mass is 32.2. The van der Waals surface area contributed by atoms with E-state index in [2.05, 4.69) is 12.2 Å². The molecule has 0 aliphatic carbocycles. The minimum Gasteiger partial charge on any atom is -0.352 e. The Hall–Kier alpha value is -0.660. The number of amides is 1. The highest BCUT2D eigenvalue weighted by molar-refractivity contribution is 7.89. The number of piperidine rings is 1. The van der Waals surface area contributed by atoms with Gasteiger partial charge in [0.2, 0.25) is 15.9 Å². The fourth-order valence-electron chi connectivity index (χ4n) is 2.32. The number of nitrogens with one attached hydrogen (secondary N) is 1. The Labute approximate surface area is 122 Å². The van der Waals surface area contributed by atoms with Gasteiger partial charge < -0.3 is 11.1 Å². The maximum absolute atomic E-state index is 11.9. The molecule has 0 aromatic heterocycles. The van der Waals surface area contributed by atoms with E-state index < -0.39 is 16.1 Å². The summed E-state index contributed by atoms with van der Waals surface area (Å²) in [6.07, 6.45) is 3.98. The number of rotatable bonds is 7. The van der Waals surface area contributed by atoms with E-state index in [1.54, 1.807) is 6.92 Å². The van der Waals surface area contributed by atoms with Gasteiger partial charge in [-0.05, 0) is 26.2 Å². The Morgan fingerprint density at radius 3 is 2.45 bits per heavy atom. The molecule has 118 valence electrons. The lowest BCUT2D eigenvalue weighted by Gasteiger charge is -2.31. The molecule has 0 radical (unpaired) electrons. The van der Waals surface area contributed by atoms with Gasteiger partial charge in [0, 0.05) is 19.1 Å². The molecule has 20 heavy (non-hydrogen) atoms. The number of carbonyl (C=O) groups is 1. The van der Waals surface area contributed by atoms with E-state index in [1.807, 2.05) is 0 Å². The molecule has 0 aromatic rings. The number of nitrogens with zero attached hydrogens (tertiary/aromatic N) is 1. The summed E-state index contributed by atoms with van der Waals surface area (Å²) in [6.45, 7) is 4.67. The average Bonchev–Trinajstić information content (AvgIpc) is 2.45. The van der Waals surface area contributed by atoms with E-state index >= 15 is 0 Å². The van der Waals surface area contributed by atoms with E-state index in [9.17, 15) is 13.2 Å². The summed E-state index contributed by atoms with van der Waals surface area (Å²) in [4.78, 5) is 11.9. The molecule has 0 unspecified atom stereocenters. The van der Waals surface area contributed by atoms with Crippen molar-refractivity contribution < 1.29 is 13.2 Å². The monoisotopic (exact) mass is 305 g/mol. The zero-order valence-electron chi connectivity index (χ0n) is 12.5. The topological polar surface area (TPSA) is 92.5 Å². The largest absolute Gasteiger partial charge is 0.352 e. The van der Waals surface area contributed by atoms with Crippen LogP contribution in [0.25, 0.3) is 0 Å². The zero-order chi connectivity index (χ0) is 15.2. The van der Waals surface area contributed by atoms with Crippen LogP contribution >= 0.6 is 0 Å². The van der Waals surface area contributed by atoms with Crippen LogP contribution in [0.4, 0.5) is 0 Å². The third-order valence-corrected chi connectivity index (χ3v) is 5.65. The van der Waals surface area contributed by atoms with E-state index in [1.165, 1.54) is 4.31 Å². The number of sulfonamides is 1. The van der Waals surface area contributed by atoms with Crippen LogP contribution in [-0.2, 0) is 14.8 Å². The van der Waals surface area contributed by atoms with Gasteiger partial charge in [0.1, 0.15) is 0 Å². The molecule has 7 heteroatoms. The predicted molar refractivity (Wildman–Crippen MR) is 79.7 cm³/mol. The van der Waals surface area contributed by atoms with Crippen LogP contribution in [0.1, 0.15) is 46.0 Å². The minimum absolute atomic E-state index is 0.0403. The molecule has 1 aliphatic rings. The molecular formula is C13H27N3O3S. The van der Waals surface area contributed by atoms with Gasteiger partial charge in [-0.15, -0.1) is 0 Å². The van der Waals surface area contributed by atoms with Crippen LogP contribution in [0, 0.1) is 0 Å². The molecule has 1 rings (SSSR count). The Morgan fingerprint density at radius 1 is 1.35 bits per heavy atom. The molecule has 1 fully saturated rings. The second kappa shape index (κ2) is 7.95. The van der Waals surface area contributed by atoms with Crippen molar-refractivity contribution in [1.29, 1.82) is 0 Å². The smallest absolute Gasteiger partial charge is 0.237 e. The van der Waals surface area contributed by atoms with E-state index in [0.29, 0.717) is 32.4 Å². The van der Waals surface area contributed by atoms with Gasteiger partial charge in [-0.1, -0.05) is 19.8 Å². The second-order valence-electron chi connectivity index (χ2n) is 5.33. The average molecular weight is 305 g/mol. The number of carbonyl (C=O) groups excluding carboxylic acids is 1. The molecule has 0 aromatic carbocycles. The molecule has 0 spiro atoms. The summed E-state index contributed by atoms with van der Waals surface area (Å²) in [7, 11) is -3.11. The van der Waals surface area contributed by atoms with Crippen molar-refractivity contribution in [2.24, 2.45) is 5.73 Å². The molecule has 1 aliphatic heterocycles. The quantitative estimate of drug-likeness (QED) is 0.713. The normalized spacial score (nSPS) is 19.8. The zero-order valence-corrected chi connectivity index (χ0v) is 13.3. The van der Waals surface area contributed by atoms with Gasteiger partial charge in [-0.25, -0.2) is 12.7 Å². The molecule has 0 saturated carbocycles. The van der Waals surface area contributed by atoms with Gasteiger partial charge >= 0.3 is 0 Å². The fraction of sp³-hybridized carbons (Fsp3) is 0.923. The highest BCUT2D eigenvalue weighted by Gasteiger charge is 2.28. The van der Waals surface area contributed by atoms with Gasteiger partial charge in [0.15, 0.2) is 0 Å². The molecule has 0 bridgehead atoms. The molecular weight excluding hydrogens is 278 g/mol. The number of nitrogens with two attached hydrogens (primary N) is 1. The van der Waals surface area contributed by atoms with Crippen molar-refractivity contribution in [3.63, 3.8) is 0 Å². The molecule has 1 atom stereocenters. The maximum atomic E-state index is 11.9. The number of hydrogen-bond donors (Lipinski definition) is 2. The van der Waals surface area contributed by atoms with Crippen LogP contribution in [0.2, 0.25) is 0 Å². The summed E-state index contributed by atoms with van der Waals surface area (Å²) in [5, 5.41) is 2.93. The lowest BCUT2D eigenvalue weighted by molar-refractivity contribution is -0.123. The standard InChI is InChI=1S/C13H27N3O3S/c1-3-5-6-12(14)13(17)15-11-7-9-16(10-8-11)20(18,19)4-2/h11-12H,3-10,14H2,1-2H3,(H,15,17)/t12-/m0/s1. The van der Waals surface area contributed by atoms with E-state index in [4.69, 9.17) is 5.73 Å². The van der Waals surface area contributed by atoms with Crippen LogP contribution in [0.15, 0.2) is 0 Å². The molecule has 1 saturated heterocycles. The molecule has 1 heterocycles. The van der Waals surface area contributed by atoms with Crippen molar-refractivity contribution in [3.8, 4) is 0 Å². The summed E-state index contributed by atoms with van der Waals surface area (Å²) >= 11 is 0. The van der Waals surface area contributed by atoms with Crippen molar-refractivity contribution in [1.82, 2.24) is 9.62 Å². The SMILES string of the molecule is CCCC[C@H](N)C(=O)NC1CCN(S(=O)(=O)CC)CC1. The van der Waals surface area contributed by atoms with Crippen molar-refractivity contribution in [3.05, 3.63) is 0 Å². The summed E-state index contributed by atoms with van der Waals surface area (Å²) < 4.78 is 25.0. The highest BCUT2D eigenvalue weighted by Crippen LogP contribution is 2.14. The molecule has 6 nitrogen and oxygen atoms in total. The van der Waals surface area contributed by atoms with Crippen LogP contribution < -0.4 is 11.1 Å². The molecule has 3 N–H and O–H groups in total. The first kappa shape index (κ1) is 17.4. The van der Waals surface area contributed by atoms with Crippen LogP contribution in [0.5, 0.6) is 0 Å². The first-order valence-corrected chi connectivity index (χ1v) is 9.05. The Bertz CT molecular complexity index is 403. The second-order valence-corrected chi connectivity index (χ2v) is 7.59. The lowest BCUT2D eigenvalue weighted by atomic mass is 10.0. The molecule has 1 amide bonds. The first-order valence-electron chi connectivity index (χ1n) is 7.44. The minimum atomic E-state index is -3.11. The van der Waals surface area contributed by atoms with Crippen molar-refractivity contribution in [2.45, 2.75) is 58.0 Å². The van der Waals surface area contributed by atoms with Gasteiger partial charge in [0.05, 0.1) is 11.8 Å².